The van der Waals surface area contributed by atoms with Crippen LogP contribution < -0.4 is 0 Å². The lowest BCUT2D eigenvalue weighted by Crippen LogP contribution is -2.13. The topological polar surface area (TPSA) is 18.5 Å². The molecule has 16 heavy (non-hydrogen) atoms. The maximum Gasteiger partial charge on any atom is 0.172 e. The second-order valence-corrected chi connectivity index (χ2v) is 6.79. The normalized spacial score (nSPS) is 11.9. The van der Waals surface area contributed by atoms with Gasteiger partial charge in [-0.25, -0.2) is 0 Å². The molecule has 0 fully saturated rings. The summed E-state index contributed by atoms with van der Waals surface area (Å²) in [5, 5.41) is 0. The van der Waals surface area contributed by atoms with E-state index in [1.165, 1.54) is 0 Å². The molecule has 90 valence electrons. The van der Waals surface area contributed by atoms with E-state index < -0.39 is 19.5 Å². The van der Waals surface area contributed by atoms with Crippen molar-refractivity contribution in [2.24, 2.45) is 0 Å². The molecule has 0 aliphatic rings. The summed E-state index contributed by atoms with van der Waals surface area (Å²) < 4.78 is 11.1. The molecule has 0 atom stereocenters. The zero-order valence-corrected chi connectivity index (χ0v) is 12.8. The van der Waals surface area contributed by atoms with E-state index in [1.807, 2.05) is 24.3 Å². The molecular weight excluding hydrogens is 232 g/mol. The fourth-order valence-corrected chi connectivity index (χ4v) is 2.68. The van der Waals surface area contributed by atoms with Crippen LogP contribution in [-0.4, -0.2) is 32.7 Å². The highest BCUT2D eigenvalue weighted by molar-refractivity contribution is 6.32. The van der Waals surface area contributed by atoms with Gasteiger partial charge in [0.1, 0.15) is 0 Å². The Morgan fingerprint density at radius 3 is 1.31 bits per heavy atom. The molecule has 0 aromatic rings. The molecule has 0 aliphatic carbocycles. The summed E-state index contributed by atoms with van der Waals surface area (Å²) >= 11 is 0. The molecule has 0 spiro atoms. The van der Waals surface area contributed by atoms with E-state index in [9.17, 15) is 0 Å². The average Bonchev–Trinajstić information content (AvgIpc) is 2.33. The second-order valence-electron chi connectivity index (χ2n) is 3.42. The van der Waals surface area contributed by atoms with E-state index in [1.54, 1.807) is 0 Å². The van der Waals surface area contributed by atoms with Crippen LogP contribution >= 0.6 is 0 Å². The highest BCUT2D eigenvalue weighted by Crippen LogP contribution is 2.06. The molecule has 0 aromatic carbocycles. The predicted octanol–water partition coefficient (Wildman–Crippen LogP) is 1.51. The van der Waals surface area contributed by atoms with E-state index in [4.69, 9.17) is 8.85 Å². The quantitative estimate of drug-likeness (QED) is 0.316. The molecule has 0 amide bonds. The molecule has 2 nitrogen and oxygen atoms in total. The van der Waals surface area contributed by atoms with Crippen molar-refractivity contribution in [1.82, 2.24) is 0 Å². The highest BCUT2D eigenvalue weighted by atomic mass is 28.2. The fraction of sp³-hybridized carbons (Fsp3) is 0.333. The predicted molar refractivity (Wildman–Crippen MR) is 77.3 cm³/mol. The Kier molecular flexibility index (Phi) is 10.4. The van der Waals surface area contributed by atoms with E-state index in [-0.39, 0.29) is 0 Å². The molecule has 0 heterocycles. The minimum absolute atomic E-state index is 0.367. The van der Waals surface area contributed by atoms with Crippen molar-refractivity contribution >= 4 is 19.5 Å². The van der Waals surface area contributed by atoms with Gasteiger partial charge in [0, 0.05) is 11.1 Å². The van der Waals surface area contributed by atoms with Crippen LogP contribution in [0.4, 0.5) is 0 Å². The molecule has 0 saturated carbocycles. The van der Waals surface area contributed by atoms with Gasteiger partial charge in [0.15, 0.2) is 19.5 Å². The van der Waals surface area contributed by atoms with Gasteiger partial charge in [-0.3, -0.25) is 0 Å². The summed E-state index contributed by atoms with van der Waals surface area (Å²) in [5.41, 5.74) is 0.734. The molecule has 0 aromatic heterocycles. The Bertz CT molecular complexity index is 189. The van der Waals surface area contributed by atoms with Crippen molar-refractivity contribution in [3.05, 3.63) is 50.6 Å². The molecule has 0 radical (unpaired) electrons. The van der Waals surface area contributed by atoms with Gasteiger partial charge in [-0.15, -0.1) is 26.3 Å². The van der Waals surface area contributed by atoms with Gasteiger partial charge in [-0.05, 0) is 0 Å². The van der Waals surface area contributed by atoms with Crippen LogP contribution in [0.3, 0.4) is 0 Å². The first kappa shape index (κ1) is 15.3. The number of hydrogen-bond donors (Lipinski definition) is 0. The Labute approximate surface area is 104 Å². The molecule has 0 saturated heterocycles. The first-order valence-electron chi connectivity index (χ1n) is 5.44. The van der Waals surface area contributed by atoms with Crippen molar-refractivity contribution in [2.45, 2.75) is 11.1 Å². The third kappa shape index (κ3) is 7.59. The van der Waals surface area contributed by atoms with Crippen LogP contribution in [0, 0.1) is 0 Å². The van der Waals surface area contributed by atoms with Crippen LogP contribution in [0.1, 0.15) is 0 Å². The number of allylic oxidation sites excluding steroid dienone is 4. The molecular formula is C12H22O2Si2. The fourth-order valence-electron chi connectivity index (χ4n) is 1.02. The van der Waals surface area contributed by atoms with Crippen LogP contribution in [0.25, 0.3) is 0 Å². The summed E-state index contributed by atoms with van der Waals surface area (Å²) in [4.78, 5) is 0. The van der Waals surface area contributed by atoms with Crippen LogP contribution in [0.15, 0.2) is 50.6 Å². The highest BCUT2D eigenvalue weighted by Gasteiger charge is 2.01. The zero-order chi connectivity index (χ0) is 12.2. The lowest BCUT2D eigenvalue weighted by Gasteiger charge is -2.10. The maximum atomic E-state index is 5.57. The Balaban J connectivity index is 3.39. The van der Waals surface area contributed by atoms with E-state index in [0.29, 0.717) is 24.3 Å². The molecule has 0 bridgehead atoms. The molecule has 0 N–H and O–H groups in total. The summed E-state index contributed by atoms with van der Waals surface area (Å²) in [6, 6.07) is 0. The average molecular weight is 254 g/mol. The minimum atomic E-state index is -0.574. The second kappa shape index (κ2) is 10.8. The Hall–Kier alpha value is -0.686. The monoisotopic (exact) mass is 254 g/mol. The van der Waals surface area contributed by atoms with Gasteiger partial charge in [0.2, 0.25) is 0 Å². The van der Waals surface area contributed by atoms with Crippen molar-refractivity contribution in [1.29, 1.82) is 0 Å². The summed E-state index contributed by atoms with van der Waals surface area (Å²) in [7, 11) is -1.15. The van der Waals surface area contributed by atoms with Crippen molar-refractivity contribution in [2.75, 3.05) is 13.2 Å². The third-order valence-electron chi connectivity index (χ3n) is 2.20. The van der Waals surface area contributed by atoms with Crippen molar-refractivity contribution in [3.63, 3.8) is 0 Å². The largest absolute Gasteiger partial charge is 0.421 e. The minimum Gasteiger partial charge on any atom is -0.421 e. The van der Waals surface area contributed by atoms with Crippen LogP contribution in [0.5, 0.6) is 0 Å². The number of rotatable bonds is 11. The Morgan fingerprint density at radius 1 is 0.750 bits per heavy atom. The lowest BCUT2D eigenvalue weighted by molar-refractivity contribution is 0.229. The zero-order valence-electron chi connectivity index (χ0n) is 9.94. The summed E-state index contributed by atoms with van der Waals surface area (Å²) in [6.07, 6.45) is 7.56. The molecule has 4 heteroatoms. The van der Waals surface area contributed by atoms with E-state index >= 15 is 0 Å². The number of hydrogen-bond acceptors (Lipinski definition) is 2. The van der Waals surface area contributed by atoms with Crippen molar-refractivity contribution < 1.29 is 8.85 Å². The SMILES string of the molecule is C=CC(C=C)[SiH2]OCCO[SiH2]C(C=C)C=C. The maximum absolute atomic E-state index is 5.57. The van der Waals surface area contributed by atoms with Gasteiger partial charge in [0.25, 0.3) is 0 Å². The lowest BCUT2D eigenvalue weighted by atomic mass is 10.4. The molecule has 0 aliphatic heterocycles. The molecule has 0 rings (SSSR count). The summed E-state index contributed by atoms with van der Waals surface area (Å²) in [5.74, 6) is 0. The smallest absolute Gasteiger partial charge is 0.172 e. The third-order valence-corrected chi connectivity index (χ3v) is 5.36. The van der Waals surface area contributed by atoms with Gasteiger partial charge < -0.3 is 8.85 Å². The van der Waals surface area contributed by atoms with E-state index in [0.717, 1.165) is 0 Å². The van der Waals surface area contributed by atoms with Gasteiger partial charge in [-0.1, -0.05) is 24.3 Å². The Morgan fingerprint density at radius 2 is 1.06 bits per heavy atom. The first-order valence-corrected chi connectivity index (χ1v) is 8.23. The standard InChI is InChI=1S/C12H22O2Si2/c1-5-11(6-2)15-13-9-10-14-16-12(7-3)8-4/h5-8,11-12H,1-4,9-10,15-16H2. The van der Waals surface area contributed by atoms with Crippen LogP contribution in [0.2, 0.25) is 11.1 Å². The van der Waals surface area contributed by atoms with Crippen molar-refractivity contribution in [3.8, 4) is 0 Å². The molecule has 0 unspecified atom stereocenters. The summed E-state index contributed by atoms with van der Waals surface area (Å²) in [6.45, 7) is 16.3. The van der Waals surface area contributed by atoms with Gasteiger partial charge in [-0.2, -0.15) is 0 Å². The van der Waals surface area contributed by atoms with Crippen LogP contribution in [-0.2, 0) is 8.85 Å². The van der Waals surface area contributed by atoms with Gasteiger partial charge >= 0.3 is 0 Å². The van der Waals surface area contributed by atoms with E-state index in [2.05, 4.69) is 26.3 Å². The van der Waals surface area contributed by atoms with Gasteiger partial charge in [0.05, 0.1) is 13.2 Å². The first-order chi connectivity index (χ1) is 7.78.